The van der Waals surface area contributed by atoms with Gasteiger partial charge < -0.3 is 9.47 Å². The minimum atomic E-state index is -1.90. The maximum absolute atomic E-state index is 13.6. The second kappa shape index (κ2) is 9.82. The maximum atomic E-state index is 13.6. The Morgan fingerprint density at radius 2 is 1.78 bits per heavy atom. The van der Waals surface area contributed by atoms with Crippen molar-refractivity contribution < 1.29 is 19.1 Å². The molecule has 0 unspecified atom stereocenters. The Bertz CT molecular complexity index is 856. The molecule has 1 saturated carbocycles. The summed E-state index contributed by atoms with van der Waals surface area (Å²) in [6.07, 6.45) is 4.84. The molecule has 1 aliphatic heterocycles. The number of ether oxygens (including phenoxy) is 2. The van der Waals surface area contributed by atoms with Crippen LogP contribution in [0.25, 0.3) is 0 Å². The van der Waals surface area contributed by atoms with E-state index in [1.54, 1.807) is 18.2 Å². The lowest BCUT2D eigenvalue weighted by Gasteiger charge is -2.40. The molecule has 1 aliphatic carbocycles. The van der Waals surface area contributed by atoms with Gasteiger partial charge in [-0.25, -0.2) is 4.79 Å². The van der Waals surface area contributed by atoms with Crippen LogP contribution in [0.2, 0.25) is 19.6 Å². The largest absolute Gasteiger partial charge is 0.497 e. The van der Waals surface area contributed by atoms with Gasteiger partial charge in [-0.2, -0.15) is 0 Å². The summed E-state index contributed by atoms with van der Waals surface area (Å²) in [5, 5.41) is 0.802. The summed E-state index contributed by atoms with van der Waals surface area (Å²) in [5.41, 5.74) is 0.916. The maximum Gasteiger partial charge on any atom is 0.414 e. The van der Waals surface area contributed by atoms with Crippen LogP contribution in [0.1, 0.15) is 58.1 Å². The molecule has 1 fully saturated rings. The third-order valence-corrected chi connectivity index (χ3v) is 9.04. The van der Waals surface area contributed by atoms with Crippen molar-refractivity contribution in [2.75, 3.05) is 7.11 Å². The number of carbonyl (C=O) groups is 2. The average Bonchev–Trinajstić information content (AvgIpc) is 2.72. The molecule has 0 radical (unpaired) electrons. The first-order valence-corrected chi connectivity index (χ1v) is 15.4. The van der Waals surface area contributed by atoms with E-state index in [9.17, 15) is 9.59 Å². The first kappa shape index (κ1) is 24.6. The Morgan fingerprint density at radius 1 is 1.12 bits per heavy atom. The zero-order valence-electron chi connectivity index (χ0n) is 20.7. The smallest absolute Gasteiger partial charge is 0.414 e. The first-order chi connectivity index (χ1) is 15.0. The quantitative estimate of drug-likeness (QED) is 0.482. The normalized spacial score (nSPS) is 26.7. The van der Waals surface area contributed by atoms with Crippen LogP contribution in [0, 0.1) is 17.8 Å². The third kappa shape index (κ3) is 5.45. The van der Waals surface area contributed by atoms with E-state index in [1.165, 1.54) is 6.42 Å². The van der Waals surface area contributed by atoms with E-state index in [0.29, 0.717) is 17.8 Å². The molecule has 6 heteroatoms. The fourth-order valence-corrected chi connectivity index (χ4v) is 6.49. The molecular weight excluding hydrogens is 418 g/mol. The number of Topliss-reactive ketones (excluding diaryl/α,β-unsaturated/α-hetero) is 1. The summed E-state index contributed by atoms with van der Waals surface area (Å²) in [6, 6.07) is 7.25. The van der Waals surface area contributed by atoms with Crippen LogP contribution in [0.5, 0.6) is 5.75 Å². The van der Waals surface area contributed by atoms with Gasteiger partial charge in [0.15, 0.2) is 5.78 Å². The highest BCUT2D eigenvalue weighted by Gasteiger charge is 2.40. The summed E-state index contributed by atoms with van der Waals surface area (Å²) in [5.74, 6) is 2.28. The van der Waals surface area contributed by atoms with Crippen molar-refractivity contribution in [1.82, 2.24) is 4.90 Å². The molecule has 2 aliphatic rings. The van der Waals surface area contributed by atoms with Crippen molar-refractivity contribution in [2.24, 2.45) is 17.8 Å². The molecule has 32 heavy (non-hydrogen) atoms. The number of amides is 1. The monoisotopic (exact) mass is 457 g/mol. The number of carbonyl (C=O) groups excluding carboxylic acids is 2. The van der Waals surface area contributed by atoms with E-state index in [-0.39, 0.29) is 30.4 Å². The number of benzene rings is 1. The molecular formula is C26H39NO4Si. The van der Waals surface area contributed by atoms with Gasteiger partial charge >= 0.3 is 6.09 Å². The van der Waals surface area contributed by atoms with Gasteiger partial charge in [-0.15, -0.1) is 0 Å². The lowest BCUT2D eigenvalue weighted by atomic mass is 9.75. The van der Waals surface area contributed by atoms with E-state index in [1.807, 2.05) is 24.3 Å². The van der Waals surface area contributed by atoms with Crippen molar-refractivity contribution in [1.29, 1.82) is 0 Å². The van der Waals surface area contributed by atoms with Crippen LogP contribution < -0.4 is 4.74 Å². The average molecular weight is 458 g/mol. The van der Waals surface area contributed by atoms with Gasteiger partial charge in [0, 0.05) is 12.6 Å². The summed E-state index contributed by atoms with van der Waals surface area (Å²) >= 11 is 0. The molecule has 3 rings (SSSR count). The Kier molecular flexibility index (Phi) is 7.53. The highest BCUT2D eigenvalue weighted by atomic mass is 28.3. The van der Waals surface area contributed by atoms with Gasteiger partial charge in [0.25, 0.3) is 0 Å². The second-order valence-electron chi connectivity index (χ2n) is 10.9. The predicted molar refractivity (Wildman–Crippen MR) is 130 cm³/mol. The van der Waals surface area contributed by atoms with Crippen LogP contribution in [0.15, 0.2) is 35.7 Å². The lowest BCUT2D eigenvalue weighted by molar-refractivity contribution is -0.116. The topological polar surface area (TPSA) is 55.8 Å². The minimum Gasteiger partial charge on any atom is -0.497 e. The van der Waals surface area contributed by atoms with Crippen LogP contribution in [-0.2, 0) is 9.53 Å². The highest BCUT2D eigenvalue weighted by molar-refractivity contribution is 6.87. The van der Waals surface area contributed by atoms with Crippen LogP contribution in [-0.4, -0.2) is 38.1 Å². The number of methoxy groups -OCH3 is 1. The zero-order chi connectivity index (χ0) is 23.6. The zero-order valence-corrected chi connectivity index (χ0v) is 21.7. The van der Waals surface area contributed by atoms with Gasteiger partial charge in [-0.1, -0.05) is 59.0 Å². The number of ketones is 1. The first-order valence-electron chi connectivity index (χ1n) is 11.9. The third-order valence-electron chi connectivity index (χ3n) is 7.02. The molecule has 0 aromatic heterocycles. The molecule has 0 spiro atoms. The van der Waals surface area contributed by atoms with Crippen molar-refractivity contribution in [3.8, 4) is 5.75 Å². The SMILES string of the molecule is COc1ccc([C@@H]2CC(=O)C([Si](C)(C)C)=CN2C(=O)O[C@@H]2C[C@H](C)CC[C@H]2C(C)C)cc1. The van der Waals surface area contributed by atoms with Gasteiger partial charge in [-0.3, -0.25) is 9.69 Å². The van der Waals surface area contributed by atoms with Gasteiger partial charge in [-0.05, 0) is 53.5 Å². The molecule has 1 aromatic carbocycles. The molecule has 0 saturated heterocycles. The van der Waals surface area contributed by atoms with Crippen molar-refractivity contribution in [3.63, 3.8) is 0 Å². The number of allylic oxidation sites excluding steroid dienone is 1. The summed E-state index contributed by atoms with van der Waals surface area (Å²) in [4.78, 5) is 28.3. The minimum absolute atomic E-state index is 0.0795. The van der Waals surface area contributed by atoms with Crippen molar-refractivity contribution >= 4 is 20.0 Å². The van der Waals surface area contributed by atoms with Gasteiger partial charge in [0.2, 0.25) is 0 Å². The number of nitrogens with zero attached hydrogens (tertiary/aromatic N) is 1. The van der Waals surface area contributed by atoms with Crippen LogP contribution >= 0.6 is 0 Å². The summed E-state index contributed by atoms with van der Waals surface area (Å²) in [7, 11) is -0.278. The lowest BCUT2D eigenvalue weighted by Crippen LogP contribution is -2.44. The van der Waals surface area contributed by atoms with Gasteiger partial charge in [0.05, 0.1) is 21.2 Å². The number of hydrogen-bond donors (Lipinski definition) is 0. The fraction of sp³-hybridized carbons (Fsp3) is 0.615. The standard InChI is InChI=1S/C26H39NO4Si/c1-17(2)21-13-8-18(3)14-24(21)31-26(29)27-16-25(32(5,6)7)23(28)15-22(27)19-9-11-20(30-4)12-10-19/h9-12,16-18,21-22,24H,8,13-15H2,1-7H3/t18-,21+,22+,24-/m1/s1. The van der Waals surface area contributed by atoms with E-state index in [4.69, 9.17) is 9.47 Å². The molecule has 4 atom stereocenters. The molecule has 1 amide bonds. The number of rotatable bonds is 5. The number of hydrogen-bond acceptors (Lipinski definition) is 4. The Morgan fingerprint density at radius 3 is 2.34 bits per heavy atom. The predicted octanol–water partition coefficient (Wildman–Crippen LogP) is 6.37. The van der Waals surface area contributed by atoms with Crippen molar-refractivity contribution in [3.05, 3.63) is 41.2 Å². The van der Waals surface area contributed by atoms with Crippen LogP contribution in [0.4, 0.5) is 4.79 Å². The van der Waals surface area contributed by atoms with E-state index in [2.05, 4.69) is 40.4 Å². The second-order valence-corrected chi connectivity index (χ2v) is 15.9. The molecule has 5 nitrogen and oxygen atoms in total. The molecule has 1 aromatic rings. The van der Waals surface area contributed by atoms with Crippen molar-refractivity contribution in [2.45, 2.75) is 78.2 Å². The fourth-order valence-electron chi connectivity index (χ4n) is 5.02. The summed E-state index contributed by atoms with van der Waals surface area (Å²) in [6.45, 7) is 13.1. The highest BCUT2D eigenvalue weighted by Crippen LogP contribution is 2.38. The molecule has 0 bridgehead atoms. The Balaban J connectivity index is 1.93. The Labute approximate surface area is 194 Å². The van der Waals surface area contributed by atoms with Gasteiger partial charge in [0.1, 0.15) is 11.9 Å². The van der Waals surface area contributed by atoms with E-state index >= 15 is 0 Å². The van der Waals surface area contributed by atoms with E-state index < -0.39 is 8.07 Å². The molecule has 176 valence electrons. The molecule has 0 N–H and O–H groups in total. The van der Waals surface area contributed by atoms with Crippen LogP contribution in [0.3, 0.4) is 0 Å². The molecule has 1 heterocycles. The Hall–Kier alpha value is -2.08. The van der Waals surface area contributed by atoms with E-state index in [0.717, 1.165) is 29.4 Å². The summed E-state index contributed by atoms with van der Waals surface area (Å²) < 4.78 is 11.5.